The van der Waals surface area contributed by atoms with Crippen LogP contribution in [-0.4, -0.2) is 73.6 Å². The number of nitrogens with zero attached hydrogens (tertiary/aromatic N) is 4. The van der Waals surface area contributed by atoms with Gasteiger partial charge in [-0.05, 0) is 26.1 Å². The monoisotopic (exact) mass is 306 g/mol. The van der Waals surface area contributed by atoms with Gasteiger partial charge in [-0.15, -0.1) is 0 Å². The molecule has 1 aliphatic heterocycles. The minimum absolute atomic E-state index is 0.145. The van der Waals surface area contributed by atoms with Crippen LogP contribution in [0.4, 0.5) is 5.95 Å². The highest BCUT2D eigenvalue weighted by molar-refractivity contribution is 5.75. The van der Waals surface area contributed by atoms with E-state index in [1.807, 2.05) is 13.1 Å². The maximum Gasteiger partial charge on any atom is 0.225 e. The van der Waals surface area contributed by atoms with Crippen LogP contribution in [0.1, 0.15) is 12.8 Å². The standard InChI is InChI=1S/C15H26N6O/c1-16-5-2-4-14(22)17-8-9-20-10-12-21(13-11-20)15-18-6-3-7-19-15/h3,6-7,16H,2,4-5,8-13H2,1H3,(H,17,22). The fraction of sp³-hybridized carbons (Fsp3) is 0.667. The van der Waals surface area contributed by atoms with Gasteiger partial charge in [-0.25, -0.2) is 9.97 Å². The smallest absolute Gasteiger partial charge is 0.225 e. The molecule has 1 aromatic heterocycles. The quantitative estimate of drug-likeness (QED) is 0.643. The molecule has 2 N–H and O–H groups in total. The lowest BCUT2D eigenvalue weighted by molar-refractivity contribution is -0.121. The molecule has 2 rings (SSSR count). The molecular formula is C15H26N6O. The zero-order valence-corrected chi connectivity index (χ0v) is 13.3. The summed E-state index contributed by atoms with van der Waals surface area (Å²) in [4.78, 5) is 24.7. The molecule has 2 heterocycles. The highest BCUT2D eigenvalue weighted by atomic mass is 16.1. The van der Waals surface area contributed by atoms with Crippen molar-refractivity contribution in [2.24, 2.45) is 0 Å². The Labute approximate surface area is 132 Å². The van der Waals surface area contributed by atoms with Crippen LogP contribution in [0.5, 0.6) is 0 Å². The summed E-state index contributed by atoms with van der Waals surface area (Å²) in [5, 5.41) is 6.03. The van der Waals surface area contributed by atoms with Crippen LogP contribution in [0, 0.1) is 0 Å². The lowest BCUT2D eigenvalue weighted by atomic mass is 10.3. The summed E-state index contributed by atoms with van der Waals surface area (Å²) in [5.41, 5.74) is 0. The molecule has 0 atom stereocenters. The molecule has 7 nitrogen and oxygen atoms in total. The van der Waals surface area contributed by atoms with E-state index >= 15 is 0 Å². The highest BCUT2D eigenvalue weighted by Crippen LogP contribution is 2.08. The summed E-state index contributed by atoms with van der Waals surface area (Å²) >= 11 is 0. The topological polar surface area (TPSA) is 73.4 Å². The SMILES string of the molecule is CNCCCC(=O)NCCN1CCN(c2ncccn2)CC1. The third-order valence-electron chi connectivity index (χ3n) is 3.79. The predicted molar refractivity (Wildman–Crippen MR) is 86.9 cm³/mol. The number of hydrogen-bond acceptors (Lipinski definition) is 6. The average Bonchev–Trinajstić information content (AvgIpc) is 2.57. The summed E-state index contributed by atoms with van der Waals surface area (Å²) in [5.74, 6) is 0.951. The van der Waals surface area contributed by atoms with Crippen molar-refractivity contribution in [2.75, 3.05) is 57.8 Å². The van der Waals surface area contributed by atoms with Gasteiger partial charge in [-0.2, -0.15) is 0 Å². The highest BCUT2D eigenvalue weighted by Gasteiger charge is 2.18. The molecule has 0 saturated carbocycles. The first kappa shape index (κ1) is 16.6. The summed E-state index contributed by atoms with van der Waals surface area (Å²) in [6, 6.07) is 1.83. The van der Waals surface area contributed by atoms with E-state index in [-0.39, 0.29) is 5.91 Å². The van der Waals surface area contributed by atoms with E-state index in [0.717, 1.165) is 58.2 Å². The molecule has 0 aromatic carbocycles. The summed E-state index contributed by atoms with van der Waals surface area (Å²) in [6.07, 6.45) is 5.04. The Morgan fingerprint density at radius 3 is 2.59 bits per heavy atom. The van der Waals surface area contributed by atoms with Crippen molar-refractivity contribution < 1.29 is 4.79 Å². The molecule has 122 valence electrons. The normalized spacial score (nSPS) is 15.8. The molecule has 0 unspecified atom stereocenters. The Bertz CT molecular complexity index is 433. The van der Waals surface area contributed by atoms with E-state index in [0.29, 0.717) is 6.42 Å². The lowest BCUT2D eigenvalue weighted by Crippen LogP contribution is -2.49. The molecule has 1 aromatic rings. The second kappa shape index (κ2) is 9.32. The Morgan fingerprint density at radius 2 is 1.91 bits per heavy atom. The van der Waals surface area contributed by atoms with Gasteiger partial charge >= 0.3 is 0 Å². The van der Waals surface area contributed by atoms with Gasteiger partial charge in [-0.3, -0.25) is 9.69 Å². The van der Waals surface area contributed by atoms with Crippen molar-refractivity contribution in [2.45, 2.75) is 12.8 Å². The Balaban J connectivity index is 1.59. The van der Waals surface area contributed by atoms with Gasteiger partial charge in [0, 0.05) is 58.1 Å². The fourth-order valence-corrected chi connectivity index (χ4v) is 2.49. The van der Waals surface area contributed by atoms with Crippen LogP contribution in [0.3, 0.4) is 0 Å². The fourth-order valence-electron chi connectivity index (χ4n) is 2.49. The van der Waals surface area contributed by atoms with Gasteiger partial charge < -0.3 is 15.5 Å². The summed E-state index contributed by atoms with van der Waals surface area (Å²) < 4.78 is 0. The molecule has 1 fully saturated rings. The number of hydrogen-bond donors (Lipinski definition) is 2. The number of aromatic nitrogens is 2. The van der Waals surface area contributed by atoms with Crippen molar-refractivity contribution in [1.29, 1.82) is 0 Å². The number of anilines is 1. The van der Waals surface area contributed by atoms with Gasteiger partial charge in [0.25, 0.3) is 0 Å². The van der Waals surface area contributed by atoms with Gasteiger partial charge in [-0.1, -0.05) is 0 Å². The van der Waals surface area contributed by atoms with Gasteiger partial charge in [0.1, 0.15) is 0 Å². The van der Waals surface area contributed by atoms with Crippen molar-refractivity contribution in [3.63, 3.8) is 0 Å². The number of carbonyl (C=O) groups is 1. The number of piperazine rings is 1. The molecule has 1 aliphatic rings. The Morgan fingerprint density at radius 1 is 1.18 bits per heavy atom. The second-order valence-corrected chi connectivity index (χ2v) is 5.43. The molecule has 0 spiro atoms. The van der Waals surface area contributed by atoms with Gasteiger partial charge in [0.15, 0.2) is 0 Å². The van der Waals surface area contributed by atoms with Crippen molar-refractivity contribution >= 4 is 11.9 Å². The van der Waals surface area contributed by atoms with E-state index in [4.69, 9.17) is 0 Å². The average molecular weight is 306 g/mol. The van der Waals surface area contributed by atoms with Gasteiger partial charge in [0.05, 0.1) is 0 Å². The van der Waals surface area contributed by atoms with E-state index in [9.17, 15) is 4.79 Å². The van der Waals surface area contributed by atoms with Crippen LogP contribution < -0.4 is 15.5 Å². The predicted octanol–water partition coefficient (Wildman–Crippen LogP) is -0.286. The van der Waals surface area contributed by atoms with Crippen molar-refractivity contribution in [1.82, 2.24) is 25.5 Å². The molecule has 7 heteroatoms. The molecule has 1 amide bonds. The van der Waals surface area contributed by atoms with Crippen LogP contribution in [0.2, 0.25) is 0 Å². The molecular weight excluding hydrogens is 280 g/mol. The van der Waals surface area contributed by atoms with Crippen LogP contribution >= 0.6 is 0 Å². The zero-order chi connectivity index (χ0) is 15.6. The molecule has 0 bridgehead atoms. The first-order valence-electron chi connectivity index (χ1n) is 7.95. The summed E-state index contributed by atoms with van der Waals surface area (Å²) in [6.45, 7) is 6.33. The molecule has 1 saturated heterocycles. The van der Waals surface area contributed by atoms with Gasteiger partial charge in [0.2, 0.25) is 11.9 Å². The third-order valence-corrected chi connectivity index (χ3v) is 3.79. The molecule has 22 heavy (non-hydrogen) atoms. The number of carbonyl (C=O) groups excluding carboxylic acids is 1. The third kappa shape index (κ3) is 5.57. The minimum atomic E-state index is 0.145. The van der Waals surface area contributed by atoms with Crippen LogP contribution in [-0.2, 0) is 4.79 Å². The molecule has 0 radical (unpaired) electrons. The van der Waals surface area contributed by atoms with E-state index < -0.39 is 0 Å². The van der Waals surface area contributed by atoms with E-state index in [1.165, 1.54) is 0 Å². The maximum atomic E-state index is 11.6. The largest absolute Gasteiger partial charge is 0.355 e. The first-order valence-corrected chi connectivity index (χ1v) is 7.95. The summed E-state index contributed by atoms with van der Waals surface area (Å²) in [7, 11) is 1.90. The van der Waals surface area contributed by atoms with Crippen LogP contribution in [0.15, 0.2) is 18.5 Å². The first-order chi connectivity index (χ1) is 10.8. The molecule has 0 aliphatic carbocycles. The maximum absolute atomic E-state index is 11.6. The minimum Gasteiger partial charge on any atom is -0.355 e. The second-order valence-electron chi connectivity index (χ2n) is 5.43. The number of amides is 1. The zero-order valence-electron chi connectivity index (χ0n) is 13.3. The van der Waals surface area contributed by atoms with E-state index in [1.54, 1.807) is 12.4 Å². The number of rotatable bonds is 8. The Hall–Kier alpha value is -1.73. The van der Waals surface area contributed by atoms with Crippen molar-refractivity contribution in [3.8, 4) is 0 Å². The van der Waals surface area contributed by atoms with Crippen molar-refractivity contribution in [3.05, 3.63) is 18.5 Å². The Kier molecular flexibility index (Phi) is 7.05. The number of nitrogens with one attached hydrogen (secondary N) is 2. The van der Waals surface area contributed by atoms with Crippen LogP contribution in [0.25, 0.3) is 0 Å². The van der Waals surface area contributed by atoms with E-state index in [2.05, 4.69) is 30.4 Å². The lowest BCUT2D eigenvalue weighted by Gasteiger charge is -2.34.